The SMILES string of the molecule is O=CN(CCc1ccccc1)Oc1ccccc1. The fourth-order valence-electron chi connectivity index (χ4n) is 1.62. The fraction of sp³-hybridized carbons (Fsp3) is 0.133. The molecule has 0 aliphatic heterocycles. The third kappa shape index (κ3) is 3.63. The standard InChI is InChI=1S/C15H15NO2/c17-13-16(18-15-9-5-2-6-10-15)12-11-14-7-3-1-4-8-14/h1-10,13H,11-12H2. The summed E-state index contributed by atoms with van der Waals surface area (Å²) in [5.74, 6) is 0.665. The summed E-state index contributed by atoms with van der Waals surface area (Å²) in [6.07, 6.45) is 1.47. The summed E-state index contributed by atoms with van der Waals surface area (Å²) in [5, 5.41) is 1.31. The van der Waals surface area contributed by atoms with Crippen molar-refractivity contribution < 1.29 is 9.63 Å². The molecule has 0 unspecified atom stereocenters. The van der Waals surface area contributed by atoms with Gasteiger partial charge in [-0.25, -0.2) is 0 Å². The minimum Gasteiger partial charge on any atom is -0.377 e. The second-order valence-electron chi connectivity index (χ2n) is 3.89. The van der Waals surface area contributed by atoms with Crippen molar-refractivity contribution in [1.82, 2.24) is 5.06 Å². The lowest BCUT2D eigenvalue weighted by Gasteiger charge is -2.17. The molecule has 0 aliphatic rings. The van der Waals surface area contributed by atoms with Gasteiger partial charge in [0.25, 0.3) is 0 Å². The van der Waals surface area contributed by atoms with E-state index in [1.807, 2.05) is 60.7 Å². The van der Waals surface area contributed by atoms with E-state index in [2.05, 4.69) is 0 Å². The summed E-state index contributed by atoms with van der Waals surface area (Å²) >= 11 is 0. The van der Waals surface area contributed by atoms with Gasteiger partial charge in [0.2, 0.25) is 6.41 Å². The van der Waals surface area contributed by atoms with Gasteiger partial charge in [-0.2, -0.15) is 5.06 Å². The topological polar surface area (TPSA) is 29.5 Å². The Morgan fingerprint density at radius 1 is 0.944 bits per heavy atom. The van der Waals surface area contributed by atoms with Crippen molar-refractivity contribution in [3.05, 3.63) is 66.2 Å². The normalized spacial score (nSPS) is 9.78. The first kappa shape index (κ1) is 12.2. The zero-order valence-electron chi connectivity index (χ0n) is 10.0. The second kappa shape index (κ2) is 6.45. The number of nitrogens with zero attached hydrogens (tertiary/aromatic N) is 1. The van der Waals surface area contributed by atoms with Gasteiger partial charge in [-0.15, -0.1) is 0 Å². The van der Waals surface area contributed by atoms with Gasteiger partial charge >= 0.3 is 0 Å². The van der Waals surface area contributed by atoms with Crippen LogP contribution in [0.2, 0.25) is 0 Å². The molecule has 0 atom stereocenters. The molecule has 0 aliphatic carbocycles. The number of para-hydroxylation sites is 1. The van der Waals surface area contributed by atoms with Crippen LogP contribution in [0, 0.1) is 0 Å². The third-order valence-corrected chi connectivity index (χ3v) is 2.55. The fourth-order valence-corrected chi connectivity index (χ4v) is 1.62. The van der Waals surface area contributed by atoms with E-state index < -0.39 is 0 Å². The third-order valence-electron chi connectivity index (χ3n) is 2.55. The monoisotopic (exact) mass is 241 g/mol. The lowest BCUT2D eigenvalue weighted by molar-refractivity contribution is -0.141. The van der Waals surface area contributed by atoms with Crippen molar-refractivity contribution in [3.8, 4) is 5.75 Å². The van der Waals surface area contributed by atoms with Gasteiger partial charge in [0.1, 0.15) is 0 Å². The molecule has 2 rings (SSSR count). The molecule has 92 valence electrons. The van der Waals surface area contributed by atoms with Crippen molar-refractivity contribution >= 4 is 6.41 Å². The van der Waals surface area contributed by atoms with Crippen molar-refractivity contribution in [1.29, 1.82) is 0 Å². The lowest BCUT2D eigenvalue weighted by Crippen LogP contribution is -2.28. The van der Waals surface area contributed by atoms with Gasteiger partial charge in [0.05, 0.1) is 6.54 Å². The number of hydrogen-bond donors (Lipinski definition) is 0. The van der Waals surface area contributed by atoms with Crippen LogP contribution in [0.5, 0.6) is 5.75 Å². The largest absolute Gasteiger partial charge is 0.377 e. The van der Waals surface area contributed by atoms with Crippen LogP contribution in [0.3, 0.4) is 0 Å². The first-order chi connectivity index (χ1) is 8.88. The van der Waals surface area contributed by atoms with E-state index in [0.29, 0.717) is 18.7 Å². The van der Waals surface area contributed by atoms with Crippen LogP contribution in [0.25, 0.3) is 0 Å². The van der Waals surface area contributed by atoms with Crippen LogP contribution in [-0.2, 0) is 11.2 Å². The number of amides is 1. The summed E-state index contributed by atoms with van der Waals surface area (Å²) in [6.45, 7) is 0.530. The highest BCUT2D eigenvalue weighted by atomic mass is 16.7. The molecule has 1 amide bonds. The second-order valence-corrected chi connectivity index (χ2v) is 3.89. The summed E-state index contributed by atoms with van der Waals surface area (Å²) < 4.78 is 0. The molecular weight excluding hydrogens is 226 g/mol. The van der Waals surface area contributed by atoms with Gasteiger partial charge in [-0.05, 0) is 24.1 Å². The summed E-state index contributed by atoms with van der Waals surface area (Å²) in [7, 11) is 0. The van der Waals surface area contributed by atoms with Crippen molar-refractivity contribution in [3.63, 3.8) is 0 Å². The molecule has 0 radical (unpaired) electrons. The van der Waals surface area contributed by atoms with E-state index in [-0.39, 0.29) is 0 Å². The lowest BCUT2D eigenvalue weighted by atomic mass is 10.1. The van der Waals surface area contributed by atoms with E-state index in [9.17, 15) is 4.79 Å². The molecule has 0 bridgehead atoms. The Morgan fingerprint density at radius 3 is 2.17 bits per heavy atom. The number of carbonyl (C=O) groups excluding carboxylic acids is 1. The number of rotatable bonds is 6. The molecule has 0 N–H and O–H groups in total. The molecule has 2 aromatic carbocycles. The van der Waals surface area contributed by atoms with Gasteiger partial charge in [-0.1, -0.05) is 48.5 Å². The van der Waals surface area contributed by atoms with Crippen LogP contribution in [0.4, 0.5) is 0 Å². The maximum atomic E-state index is 10.9. The molecule has 0 saturated carbocycles. The summed E-state index contributed by atoms with van der Waals surface area (Å²) in [5.41, 5.74) is 1.18. The van der Waals surface area contributed by atoms with Crippen molar-refractivity contribution in [2.75, 3.05) is 6.54 Å². The van der Waals surface area contributed by atoms with Gasteiger partial charge < -0.3 is 4.84 Å². The molecule has 3 nitrogen and oxygen atoms in total. The van der Waals surface area contributed by atoms with Crippen LogP contribution in [0.1, 0.15) is 5.56 Å². The summed E-state index contributed by atoms with van der Waals surface area (Å²) in [4.78, 5) is 16.4. The van der Waals surface area contributed by atoms with E-state index in [1.54, 1.807) is 0 Å². The Morgan fingerprint density at radius 2 is 1.56 bits per heavy atom. The molecule has 0 saturated heterocycles. The zero-order valence-corrected chi connectivity index (χ0v) is 10.0. The quantitative estimate of drug-likeness (QED) is 0.575. The highest BCUT2D eigenvalue weighted by molar-refractivity contribution is 5.46. The van der Waals surface area contributed by atoms with Crippen molar-refractivity contribution in [2.24, 2.45) is 0 Å². The molecule has 0 heterocycles. The Bertz CT molecular complexity index is 470. The smallest absolute Gasteiger partial charge is 0.242 e. The number of hydroxylamine groups is 2. The average molecular weight is 241 g/mol. The Labute approximate surface area is 107 Å². The van der Waals surface area contributed by atoms with Gasteiger partial charge in [0, 0.05) is 0 Å². The predicted octanol–water partition coefficient (Wildman–Crippen LogP) is 2.68. The Balaban J connectivity index is 1.88. The number of carbonyl (C=O) groups is 1. The van der Waals surface area contributed by atoms with Crippen LogP contribution in [-0.4, -0.2) is 18.0 Å². The molecular formula is C15H15NO2. The minimum absolute atomic E-state index is 0.530. The van der Waals surface area contributed by atoms with Crippen molar-refractivity contribution in [2.45, 2.75) is 6.42 Å². The van der Waals surface area contributed by atoms with E-state index in [0.717, 1.165) is 6.42 Å². The maximum absolute atomic E-state index is 10.9. The predicted molar refractivity (Wildman–Crippen MR) is 70.0 cm³/mol. The highest BCUT2D eigenvalue weighted by Gasteiger charge is 2.04. The van der Waals surface area contributed by atoms with Crippen LogP contribution in [0.15, 0.2) is 60.7 Å². The van der Waals surface area contributed by atoms with E-state index in [1.165, 1.54) is 10.6 Å². The molecule has 2 aromatic rings. The molecule has 18 heavy (non-hydrogen) atoms. The Kier molecular flexibility index (Phi) is 4.36. The molecule has 0 spiro atoms. The first-order valence-corrected chi connectivity index (χ1v) is 5.87. The van der Waals surface area contributed by atoms with E-state index >= 15 is 0 Å². The summed E-state index contributed by atoms with van der Waals surface area (Å²) in [6, 6.07) is 19.3. The van der Waals surface area contributed by atoms with Gasteiger partial charge in [-0.3, -0.25) is 4.79 Å². The molecule has 3 heteroatoms. The number of benzene rings is 2. The minimum atomic E-state index is 0.530. The first-order valence-electron chi connectivity index (χ1n) is 5.87. The van der Waals surface area contributed by atoms with Crippen LogP contribution >= 0.6 is 0 Å². The van der Waals surface area contributed by atoms with Gasteiger partial charge in [0.15, 0.2) is 5.75 Å². The maximum Gasteiger partial charge on any atom is 0.242 e. The average Bonchev–Trinajstić information content (AvgIpc) is 2.45. The molecule has 0 fully saturated rings. The zero-order chi connectivity index (χ0) is 12.6. The molecule has 0 aromatic heterocycles. The number of hydrogen-bond acceptors (Lipinski definition) is 2. The highest BCUT2D eigenvalue weighted by Crippen LogP contribution is 2.10. The Hall–Kier alpha value is -2.29. The van der Waals surface area contributed by atoms with Crippen LogP contribution < -0.4 is 4.84 Å². The van der Waals surface area contributed by atoms with E-state index in [4.69, 9.17) is 4.84 Å².